The van der Waals surface area contributed by atoms with Crippen molar-refractivity contribution in [2.24, 2.45) is 0 Å². The van der Waals surface area contributed by atoms with Crippen LogP contribution in [0, 0.1) is 0 Å². The Morgan fingerprint density at radius 1 is 0.560 bits per heavy atom. The van der Waals surface area contributed by atoms with Crippen LogP contribution in [-0.4, -0.2) is 0 Å². The Labute approximate surface area is 160 Å². The normalized spacial score (nSPS) is 12.2. The van der Waals surface area contributed by atoms with Gasteiger partial charge in [0.2, 0.25) is 0 Å². The Kier molecular flexibility index (Phi) is 2.87. The van der Waals surface area contributed by atoms with Gasteiger partial charge in [-0.1, -0.05) is 58.4 Å². The Bertz CT molecular complexity index is 1450. The van der Waals surface area contributed by atoms with E-state index in [4.69, 9.17) is 0 Å². The molecule has 0 unspecified atom stereocenters. The third kappa shape index (κ3) is 1.86. The van der Waals surface area contributed by atoms with Crippen molar-refractivity contribution in [3.63, 3.8) is 0 Å². The van der Waals surface area contributed by atoms with Crippen LogP contribution < -0.4 is 0 Å². The summed E-state index contributed by atoms with van der Waals surface area (Å²) in [5.41, 5.74) is 0. The molecule has 0 aliphatic heterocycles. The predicted molar refractivity (Wildman–Crippen MR) is 117 cm³/mol. The van der Waals surface area contributed by atoms with Gasteiger partial charge in [-0.15, -0.1) is 22.7 Å². The summed E-state index contributed by atoms with van der Waals surface area (Å²) in [6, 6.07) is 24.3. The zero-order valence-electron chi connectivity index (χ0n) is 13.0. The van der Waals surface area contributed by atoms with Crippen LogP contribution in [0.4, 0.5) is 0 Å². The average molecular weight is 419 g/mol. The summed E-state index contributed by atoms with van der Waals surface area (Å²) in [4.78, 5) is 0. The topological polar surface area (TPSA) is 0 Å². The molecule has 0 aliphatic carbocycles. The zero-order valence-corrected chi connectivity index (χ0v) is 16.3. The molecule has 0 aliphatic rings. The summed E-state index contributed by atoms with van der Waals surface area (Å²) in [7, 11) is 0. The van der Waals surface area contributed by atoms with Crippen molar-refractivity contribution in [3.8, 4) is 0 Å². The van der Waals surface area contributed by atoms with Gasteiger partial charge in [0.1, 0.15) is 0 Å². The van der Waals surface area contributed by atoms with Gasteiger partial charge >= 0.3 is 0 Å². The number of halogens is 1. The molecule has 0 bridgehead atoms. The minimum absolute atomic E-state index is 1.14. The highest BCUT2D eigenvalue weighted by molar-refractivity contribution is 9.10. The van der Waals surface area contributed by atoms with Gasteiger partial charge in [0, 0.05) is 35.4 Å². The number of rotatable bonds is 0. The summed E-state index contributed by atoms with van der Waals surface area (Å²) in [5, 5.41) is 8.26. The Balaban J connectivity index is 2.04. The van der Waals surface area contributed by atoms with Gasteiger partial charge in [-0.3, -0.25) is 0 Å². The maximum Gasteiger partial charge on any atom is 0.0540 e. The van der Waals surface area contributed by atoms with Crippen LogP contribution in [0.3, 0.4) is 0 Å². The van der Waals surface area contributed by atoms with E-state index in [0.717, 1.165) is 4.47 Å². The van der Waals surface area contributed by atoms with Gasteiger partial charge in [0.05, 0.1) is 9.40 Å². The van der Waals surface area contributed by atoms with Crippen molar-refractivity contribution in [2.45, 2.75) is 0 Å². The number of benzene rings is 4. The van der Waals surface area contributed by atoms with Crippen molar-refractivity contribution in [1.29, 1.82) is 0 Å². The monoisotopic (exact) mass is 418 g/mol. The predicted octanol–water partition coefficient (Wildman–Crippen LogP) is 8.34. The van der Waals surface area contributed by atoms with Crippen molar-refractivity contribution in [1.82, 2.24) is 0 Å². The second-order valence-electron chi connectivity index (χ2n) is 6.29. The van der Waals surface area contributed by atoms with Crippen molar-refractivity contribution in [2.75, 3.05) is 0 Å². The summed E-state index contributed by atoms with van der Waals surface area (Å²) < 4.78 is 6.71. The van der Waals surface area contributed by atoms with Crippen LogP contribution in [0.2, 0.25) is 0 Å². The second kappa shape index (κ2) is 5.04. The molecular formula is C22H11BrS2. The fraction of sp³-hybridized carbons (Fsp3) is 0. The zero-order chi connectivity index (χ0) is 16.5. The molecule has 0 N–H and O–H groups in total. The molecule has 0 saturated heterocycles. The lowest BCUT2D eigenvalue weighted by Crippen LogP contribution is -1.77. The van der Waals surface area contributed by atoms with Gasteiger partial charge in [-0.25, -0.2) is 0 Å². The first kappa shape index (κ1) is 14.3. The molecule has 3 heteroatoms. The highest BCUT2D eigenvalue weighted by Gasteiger charge is 2.17. The Hall–Kier alpha value is -1.94. The quantitative estimate of drug-likeness (QED) is 0.232. The maximum atomic E-state index is 3.65. The first-order valence-corrected chi connectivity index (χ1v) is 10.6. The molecule has 0 radical (unpaired) electrons. The van der Waals surface area contributed by atoms with Crippen LogP contribution in [0.15, 0.2) is 71.2 Å². The fourth-order valence-electron chi connectivity index (χ4n) is 3.89. The minimum Gasteiger partial charge on any atom is -0.134 e. The average Bonchev–Trinajstić information content (AvgIpc) is 3.20. The molecular weight excluding hydrogens is 408 g/mol. The van der Waals surface area contributed by atoms with Crippen molar-refractivity contribution >= 4 is 89.7 Å². The van der Waals surface area contributed by atoms with E-state index in [1.807, 2.05) is 22.7 Å². The van der Waals surface area contributed by atoms with E-state index >= 15 is 0 Å². The second-order valence-corrected chi connectivity index (χ2v) is 9.31. The lowest BCUT2D eigenvalue weighted by Gasteiger charge is -2.04. The SMILES string of the molecule is Brc1ccc2sc3c4sc5ccccc5c4c4ccccc4c3c2c1. The summed E-state index contributed by atoms with van der Waals surface area (Å²) in [6.07, 6.45) is 0. The maximum absolute atomic E-state index is 3.65. The standard InChI is InChI=1S/C22H11BrS2/c23-12-9-10-18-16(11-12)20-14-6-2-1-5-13(14)19-15-7-3-4-8-17(15)24-21(19)22(20)25-18/h1-11H. The summed E-state index contributed by atoms with van der Waals surface area (Å²) in [5.74, 6) is 0. The molecule has 25 heavy (non-hydrogen) atoms. The van der Waals surface area contributed by atoms with E-state index in [1.54, 1.807) is 0 Å². The smallest absolute Gasteiger partial charge is 0.0540 e. The van der Waals surface area contributed by atoms with E-state index in [2.05, 4.69) is 82.7 Å². The minimum atomic E-state index is 1.14. The molecule has 6 rings (SSSR count). The molecule has 0 atom stereocenters. The number of hydrogen-bond acceptors (Lipinski definition) is 2. The molecule has 0 fully saturated rings. The van der Waals surface area contributed by atoms with E-state index in [1.165, 1.54) is 51.1 Å². The highest BCUT2D eigenvalue weighted by Crippen LogP contribution is 2.49. The molecule has 6 aromatic rings. The molecule has 0 nitrogen and oxygen atoms in total. The van der Waals surface area contributed by atoms with Gasteiger partial charge in [0.15, 0.2) is 0 Å². The molecule has 0 spiro atoms. The third-order valence-electron chi connectivity index (χ3n) is 4.92. The first-order valence-electron chi connectivity index (χ1n) is 8.15. The van der Waals surface area contributed by atoms with E-state index in [0.29, 0.717) is 0 Å². The van der Waals surface area contributed by atoms with E-state index in [9.17, 15) is 0 Å². The van der Waals surface area contributed by atoms with Gasteiger partial charge in [0.25, 0.3) is 0 Å². The largest absolute Gasteiger partial charge is 0.134 e. The summed E-state index contributed by atoms with van der Waals surface area (Å²) in [6.45, 7) is 0. The van der Waals surface area contributed by atoms with Crippen LogP contribution in [-0.2, 0) is 0 Å². The highest BCUT2D eigenvalue weighted by atomic mass is 79.9. The lowest BCUT2D eigenvalue weighted by atomic mass is 9.99. The number of fused-ring (bicyclic) bond motifs is 10. The Morgan fingerprint density at radius 3 is 1.84 bits per heavy atom. The molecule has 4 aromatic carbocycles. The van der Waals surface area contributed by atoms with Gasteiger partial charge in [-0.2, -0.15) is 0 Å². The lowest BCUT2D eigenvalue weighted by molar-refractivity contribution is 1.77. The van der Waals surface area contributed by atoms with Gasteiger partial charge in [-0.05, 0) is 35.0 Å². The molecule has 0 amide bonds. The molecule has 118 valence electrons. The van der Waals surface area contributed by atoms with Crippen LogP contribution in [0.25, 0.3) is 51.1 Å². The number of hydrogen-bond donors (Lipinski definition) is 0. The molecule has 2 heterocycles. The van der Waals surface area contributed by atoms with Crippen molar-refractivity contribution < 1.29 is 0 Å². The fourth-order valence-corrected chi connectivity index (χ4v) is 6.81. The van der Waals surface area contributed by atoms with Crippen LogP contribution in [0.5, 0.6) is 0 Å². The first-order chi connectivity index (χ1) is 12.3. The Morgan fingerprint density at radius 2 is 1.12 bits per heavy atom. The number of thiophene rings is 2. The van der Waals surface area contributed by atoms with E-state index in [-0.39, 0.29) is 0 Å². The van der Waals surface area contributed by atoms with E-state index < -0.39 is 0 Å². The van der Waals surface area contributed by atoms with Gasteiger partial charge < -0.3 is 0 Å². The van der Waals surface area contributed by atoms with Crippen LogP contribution in [0.1, 0.15) is 0 Å². The third-order valence-corrected chi connectivity index (χ3v) is 7.92. The summed E-state index contributed by atoms with van der Waals surface area (Å²) >= 11 is 7.50. The molecule has 2 aromatic heterocycles. The van der Waals surface area contributed by atoms with Crippen molar-refractivity contribution in [3.05, 3.63) is 71.2 Å². The molecule has 0 saturated carbocycles. The van der Waals surface area contributed by atoms with Crippen LogP contribution >= 0.6 is 38.6 Å².